The molecule has 0 aliphatic rings. The zero-order chi connectivity index (χ0) is 15.1. The molecule has 104 valence electrons. The lowest BCUT2D eigenvalue weighted by Gasteiger charge is -2.07. The van der Waals surface area contributed by atoms with Crippen LogP contribution in [-0.2, 0) is 0 Å². The minimum atomic E-state index is 0.804. The molecule has 0 aliphatic carbocycles. The molecule has 2 radical (unpaired) electrons. The van der Waals surface area contributed by atoms with Crippen LogP contribution in [0.15, 0.2) is 52.6 Å². The molecule has 0 saturated carbocycles. The molecule has 0 spiro atoms. The van der Waals surface area contributed by atoms with E-state index < -0.39 is 0 Å². The molecule has 0 bridgehead atoms. The third-order valence-corrected chi connectivity index (χ3v) is 5.96. The number of aromatic nitrogens is 2. The Labute approximate surface area is 145 Å². The van der Waals surface area contributed by atoms with Crippen LogP contribution in [0.2, 0.25) is 0 Å². The fourth-order valence-electron chi connectivity index (χ4n) is 2.41. The van der Waals surface area contributed by atoms with Gasteiger partial charge < -0.3 is 0 Å². The first-order valence-corrected chi connectivity index (χ1v) is 9.00. The molecule has 4 aromatic rings. The zero-order valence-electron chi connectivity index (χ0n) is 11.3. The Morgan fingerprint density at radius 1 is 0.773 bits per heavy atom. The van der Waals surface area contributed by atoms with Gasteiger partial charge in [-0.05, 0) is 38.9 Å². The molecule has 3 heterocycles. The number of thiophene rings is 2. The molecule has 0 N–H and O–H groups in total. The van der Waals surface area contributed by atoms with Gasteiger partial charge in [0, 0.05) is 33.3 Å². The van der Waals surface area contributed by atoms with E-state index in [0.29, 0.717) is 0 Å². The zero-order valence-corrected chi connectivity index (χ0v) is 14.5. The van der Waals surface area contributed by atoms with Gasteiger partial charge in [-0.3, -0.25) is 9.97 Å². The number of fused-ring (bicyclic) bond motifs is 1. The molecule has 0 atom stereocenters. The Bertz CT molecular complexity index is 898. The number of rotatable bonds is 2. The van der Waals surface area contributed by atoms with E-state index in [9.17, 15) is 0 Å². The molecule has 1 aromatic carbocycles. The first kappa shape index (κ1) is 14.1. The highest BCUT2D eigenvalue weighted by Crippen LogP contribution is 2.38. The van der Waals surface area contributed by atoms with E-state index in [1.807, 2.05) is 12.1 Å². The van der Waals surface area contributed by atoms with Gasteiger partial charge in [-0.15, -0.1) is 11.3 Å². The monoisotopic (exact) mass is 382 g/mol. The van der Waals surface area contributed by atoms with Gasteiger partial charge in [0.1, 0.15) is 7.85 Å². The van der Waals surface area contributed by atoms with Crippen LogP contribution < -0.4 is 4.78 Å². The van der Waals surface area contributed by atoms with E-state index in [1.165, 1.54) is 4.88 Å². The topological polar surface area (TPSA) is 25.8 Å². The molecule has 0 unspecified atom stereocenters. The summed E-state index contributed by atoms with van der Waals surface area (Å²) < 4.78 is 1.91. The average molecular weight is 383 g/mol. The predicted octanol–water partition coefficient (Wildman–Crippen LogP) is 4.64. The highest BCUT2D eigenvalue weighted by molar-refractivity contribution is 9.11. The van der Waals surface area contributed by atoms with Crippen molar-refractivity contribution in [3.8, 4) is 20.9 Å². The highest BCUT2D eigenvalue weighted by atomic mass is 79.9. The molecule has 0 amide bonds. The average Bonchev–Trinajstić information content (AvgIpc) is 3.15. The van der Waals surface area contributed by atoms with Crippen molar-refractivity contribution in [1.82, 2.24) is 9.97 Å². The van der Waals surface area contributed by atoms with Crippen LogP contribution in [0.25, 0.3) is 31.9 Å². The van der Waals surface area contributed by atoms with Crippen molar-refractivity contribution in [3.63, 3.8) is 0 Å². The summed E-state index contributed by atoms with van der Waals surface area (Å²) in [5.74, 6) is 0. The van der Waals surface area contributed by atoms with E-state index in [-0.39, 0.29) is 0 Å². The van der Waals surface area contributed by atoms with E-state index >= 15 is 0 Å². The standard InChI is InChI=1S/C16H8BBrN2S2/c17-13-5-3-11(21-13)9-1-2-10(12-4-6-14(18)22-12)16-15(9)19-7-8-20-16/h1-8H. The number of nitrogens with zero attached hydrogens (tertiary/aromatic N) is 2. The van der Waals surface area contributed by atoms with Crippen LogP contribution in [0, 0.1) is 0 Å². The summed E-state index contributed by atoms with van der Waals surface area (Å²) in [6, 6.07) is 12.3. The second-order valence-electron chi connectivity index (χ2n) is 4.72. The summed E-state index contributed by atoms with van der Waals surface area (Å²) in [6.07, 6.45) is 3.47. The van der Waals surface area contributed by atoms with Crippen molar-refractivity contribution in [2.24, 2.45) is 0 Å². The lowest BCUT2D eigenvalue weighted by Crippen LogP contribution is -1.90. The molecule has 0 saturated heterocycles. The molecule has 3 aromatic heterocycles. The molecule has 4 rings (SSSR count). The molecular weight excluding hydrogens is 375 g/mol. The predicted molar refractivity (Wildman–Crippen MR) is 99.3 cm³/mol. The summed E-state index contributed by atoms with van der Waals surface area (Å²) in [4.78, 5) is 11.4. The summed E-state index contributed by atoms with van der Waals surface area (Å²) in [7, 11) is 5.86. The van der Waals surface area contributed by atoms with Crippen molar-refractivity contribution in [2.45, 2.75) is 0 Å². The lowest BCUT2D eigenvalue weighted by molar-refractivity contribution is 1.30. The molecule has 2 nitrogen and oxygen atoms in total. The van der Waals surface area contributed by atoms with Gasteiger partial charge in [0.05, 0.1) is 14.8 Å². The molecule has 0 fully saturated rings. The van der Waals surface area contributed by atoms with Gasteiger partial charge in [0.2, 0.25) is 0 Å². The number of halogens is 1. The van der Waals surface area contributed by atoms with Crippen molar-refractivity contribution in [2.75, 3.05) is 0 Å². The van der Waals surface area contributed by atoms with Gasteiger partial charge in [0.25, 0.3) is 0 Å². The largest absolute Gasteiger partial charge is 0.252 e. The van der Waals surface area contributed by atoms with Crippen LogP contribution in [0.3, 0.4) is 0 Å². The minimum Gasteiger partial charge on any atom is -0.252 e. The molecular formula is C16H8BBrN2S2. The van der Waals surface area contributed by atoms with Crippen molar-refractivity contribution < 1.29 is 0 Å². The minimum absolute atomic E-state index is 0.804. The third-order valence-electron chi connectivity index (χ3n) is 3.36. The smallest absolute Gasteiger partial charge is 0.128 e. The van der Waals surface area contributed by atoms with Crippen molar-refractivity contribution >= 4 is 62.3 Å². The Kier molecular flexibility index (Phi) is 3.60. The summed E-state index contributed by atoms with van der Waals surface area (Å²) in [5, 5.41) is 0. The SMILES string of the molecule is [B]c1ccc(-c2ccc(-c3ccc(Br)s3)c3nccnc23)s1. The highest BCUT2D eigenvalue weighted by Gasteiger charge is 2.13. The Hall–Kier alpha value is -1.50. The van der Waals surface area contributed by atoms with E-state index in [1.54, 1.807) is 35.1 Å². The Morgan fingerprint density at radius 2 is 1.36 bits per heavy atom. The number of hydrogen-bond acceptors (Lipinski definition) is 4. The summed E-state index contributed by atoms with van der Waals surface area (Å²) >= 11 is 6.78. The second kappa shape index (κ2) is 5.61. The maximum atomic E-state index is 5.86. The Balaban J connectivity index is 1.99. The van der Waals surface area contributed by atoms with Gasteiger partial charge >= 0.3 is 0 Å². The maximum Gasteiger partial charge on any atom is 0.128 e. The maximum absolute atomic E-state index is 5.86. The van der Waals surface area contributed by atoms with Gasteiger partial charge in [-0.1, -0.05) is 18.2 Å². The van der Waals surface area contributed by atoms with Crippen LogP contribution in [0.1, 0.15) is 0 Å². The summed E-state index contributed by atoms with van der Waals surface area (Å²) in [5.41, 5.74) is 4.00. The number of benzene rings is 1. The second-order valence-corrected chi connectivity index (χ2v) is 8.30. The van der Waals surface area contributed by atoms with Crippen LogP contribution in [0.5, 0.6) is 0 Å². The summed E-state index contributed by atoms with van der Waals surface area (Å²) in [6.45, 7) is 0. The van der Waals surface area contributed by atoms with Gasteiger partial charge in [-0.25, -0.2) is 0 Å². The third kappa shape index (κ3) is 2.41. The van der Waals surface area contributed by atoms with E-state index in [0.717, 1.165) is 35.6 Å². The van der Waals surface area contributed by atoms with E-state index in [2.05, 4.69) is 50.2 Å². The van der Waals surface area contributed by atoms with Gasteiger partial charge in [0.15, 0.2) is 0 Å². The Morgan fingerprint density at radius 3 is 1.86 bits per heavy atom. The fraction of sp³-hybridized carbons (Fsp3) is 0. The van der Waals surface area contributed by atoms with Crippen LogP contribution in [0.4, 0.5) is 0 Å². The fourth-order valence-corrected chi connectivity index (χ4v) is 4.62. The first-order chi connectivity index (χ1) is 10.7. The number of hydrogen-bond donors (Lipinski definition) is 0. The van der Waals surface area contributed by atoms with Gasteiger partial charge in [-0.2, -0.15) is 11.3 Å². The lowest BCUT2D eigenvalue weighted by atomic mass is 10.0. The van der Waals surface area contributed by atoms with Crippen molar-refractivity contribution in [1.29, 1.82) is 0 Å². The van der Waals surface area contributed by atoms with E-state index in [4.69, 9.17) is 7.85 Å². The molecule has 22 heavy (non-hydrogen) atoms. The van der Waals surface area contributed by atoms with Crippen molar-refractivity contribution in [3.05, 3.63) is 52.6 Å². The van der Waals surface area contributed by atoms with Crippen LogP contribution in [-0.4, -0.2) is 17.8 Å². The molecule has 6 heteroatoms. The van der Waals surface area contributed by atoms with Crippen LogP contribution >= 0.6 is 38.6 Å². The quantitative estimate of drug-likeness (QED) is 0.472. The first-order valence-electron chi connectivity index (χ1n) is 6.57. The normalized spacial score (nSPS) is 11.1. The molecule has 0 aliphatic heterocycles.